The lowest BCUT2D eigenvalue weighted by atomic mass is 10.1. The second kappa shape index (κ2) is 17.2. The van der Waals surface area contributed by atoms with Crippen LogP contribution in [0, 0.1) is 0 Å². The lowest BCUT2D eigenvalue weighted by Crippen LogP contribution is -2.28. The molecule has 0 heterocycles. The number of ether oxygens (including phenoxy) is 1. The molecule has 7 heteroatoms. The number of allylic oxidation sites excluding steroid dienone is 1. The van der Waals surface area contributed by atoms with Gasteiger partial charge in [-0.05, 0) is 25.3 Å². The first kappa shape index (κ1) is 26.1. The summed E-state index contributed by atoms with van der Waals surface area (Å²) in [5.74, 6) is -0.805. The maximum atomic E-state index is 11.9. The Morgan fingerprint density at radius 3 is 1.93 bits per heavy atom. The van der Waals surface area contributed by atoms with Crippen molar-refractivity contribution < 1.29 is 26.7 Å². The van der Waals surface area contributed by atoms with Gasteiger partial charge in [0.2, 0.25) is 0 Å². The maximum Gasteiger partial charge on any atom is 0.398 e. The van der Waals surface area contributed by atoms with Gasteiger partial charge in [0.25, 0.3) is 0 Å². The topological polar surface area (TPSA) is 89.9 Å². The summed E-state index contributed by atoms with van der Waals surface area (Å²) < 4.78 is 39.7. The number of carbonyl (C=O) groups excluding carboxylic acids is 1. The molecule has 1 atom stereocenters. The van der Waals surface area contributed by atoms with Crippen LogP contribution in [0.25, 0.3) is 0 Å². The van der Waals surface area contributed by atoms with Crippen LogP contribution in [-0.4, -0.2) is 25.0 Å². The Kier molecular flexibility index (Phi) is 16.6. The summed E-state index contributed by atoms with van der Waals surface area (Å²) in [6, 6.07) is 0. The van der Waals surface area contributed by atoms with Crippen LogP contribution in [0.2, 0.25) is 0 Å². The molecule has 6 nitrogen and oxygen atoms in total. The van der Waals surface area contributed by atoms with Crippen LogP contribution in [0.5, 0.6) is 0 Å². The van der Waals surface area contributed by atoms with Crippen LogP contribution >= 0.6 is 0 Å². The standard InChI is InChI=1S/C20H38O6S/c1-3-5-7-8-9-10-11-12-13-14-15-16-18-25-20(21)19(17-6-4-2)26-27(22,23)24/h16,18-19H,3-15,17H2,1-2H3,(H,22,23,24). The van der Waals surface area contributed by atoms with Crippen molar-refractivity contribution in [1.82, 2.24) is 0 Å². The zero-order valence-corrected chi connectivity index (χ0v) is 17.8. The average Bonchev–Trinajstić information content (AvgIpc) is 2.61. The molecule has 1 N–H and O–H groups in total. The lowest BCUT2D eigenvalue weighted by molar-refractivity contribution is -0.146. The zero-order valence-electron chi connectivity index (χ0n) is 17.0. The first-order valence-corrected chi connectivity index (χ1v) is 11.8. The van der Waals surface area contributed by atoms with Crippen molar-refractivity contribution in [2.45, 2.75) is 110 Å². The Morgan fingerprint density at radius 2 is 1.41 bits per heavy atom. The van der Waals surface area contributed by atoms with E-state index in [2.05, 4.69) is 11.1 Å². The molecule has 0 saturated carbocycles. The van der Waals surface area contributed by atoms with Crippen LogP contribution in [0.1, 0.15) is 104 Å². The third-order valence-corrected chi connectivity index (χ3v) is 4.80. The van der Waals surface area contributed by atoms with Gasteiger partial charge >= 0.3 is 16.4 Å². The van der Waals surface area contributed by atoms with Gasteiger partial charge in [-0.3, -0.25) is 4.55 Å². The highest BCUT2D eigenvalue weighted by atomic mass is 32.3. The van der Waals surface area contributed by atoms with E-state index < -0.39 is 22.5 Å². The van der Waals surface area contributed by atoms with E-state index >= 15 is 0 Å². The van der Waals surface area contributed by atoms with Gasteiger partial charge in [-0.2, -0.15) is 8.42 Å². The second-order valence-corrected chi connectivity index (χ2v) is 7.98. The van der Waals surface area contributed by atoms with Crippen LogP contribution < -0.4 is 0 Å². The van der Waals surface area contributed by atoms with E-state index in [4.69, 9.17) is 9.29 Å². The highest BCUT2D eigenvalue weighted by Gasteiger charge is 2.25. The number of carbonyl (C=O) groups is 1. The summed E-state index contributed by atoms with van der Waals surface area (Å²) in [6.45, 7) is 4.13. The fraction of sp³-hybridized carbons (Fsp3) is 0.850. The maximum absolute atomic E-state index is 11.9. The van der Waals surface area contributed by atoms with Gasteiger partial charge in [-0.25, -0.2) is 8.98 Å². The van der Waals surface area contributed by atoms with Crippen LogP contribution in [-0.2, 0) is 24.1 Å². The first-order valence-electron chi connectivity index (χ1n) is 10.4. The predicted molar refractivity (Wildman–Crippen MR) is 108 cm³/mol. The smallest absolute Gasteiger partial charge is 0.398 e. The SMILES string of the molecule is CCCCCCCCCCCCC=COC(=O)C(CCCC)OS(=O)(=O)O. The second-order valence-electron chi connectivity index (χ2n) is 6.93. The Balaban J connectivity index is 3.79. The summed E-state index contributed by atoms with van der Waals surface area (Å²) in [4.78, 5) is 11.9. The normalized spacial score (nSPS) is 13.1. The van der Waals surface area contributed by atoms with E-state index in [1.54, 1.807) is 6.08 Å². The molecule has 0 bridgehead atoms. The quantitative estimate of drug-likeness (QED) is 0.135. The predicted octanol–water partition coefficient (Wildman–Crippen LogP) is 5.73. The van der Waals surface area contributed by atoms with E-state index in [1.807, 2.05) is 6.92 Å². The van der Waals surface area contributed by atoms with Gasteiger partial charge in [-0.15, -0.1) is 0 Å². The van der Waals surface area contributed by atoms with Crippen molar-refractivity contribution in [1.29, 1.82) is 0 Å². The van der Waals surface area contributed by atoms with Gasteiger partial charge in [-0.1, -0.05) is 84.5 Å². The van der Waals surface area contributed by atoms with Crippen molar-refractivity contribution in [3.8, 4) is 0 Å². The molecular formula is C20H38O6S. The molecule has 0 radical (unpaired) electrons. The fourth-order valence-electron chi connectivity index (χ4n) is 2.75. The van der Waals surface area contributed by atoms with Crippen LogP contribution in [0.3, 0.4) is 0 Å². The van der Waals surface area contributed by atoms with Gasteiger partial charge in [0.1, 0.15) is 0 Å². The largest absolute Gasteiger partial charge is 0.433 e. The minimum atomic E-state index is -4.68. The van der Waals surface area contributed by atoms with Gasteiger partial charge < -0.3 is 4.74 Å². The van der Waals surface area contributed by atoms with Crippen LogP contribution in [0.15, 0.2) is 12.3 Å². The molecule has 0 aromatic carbocycles. The van der Waals surface area contributed by atoms with Crippen molar-refractivity contribution in [2.75, 3.05) is 0 Å². The zero-order chi connectivity index (χ0) is 20.4. The molecule has 0 aliphatic carbocycles. The molecule has 0 spiro atoms. The summed E-state index contributed by atoms with van der Waals surface area (Å²) >= 11 is 0. The van der Waals surface area contributed by atoms with Crippen molar-refractivity contribution in [3.05, 3.63) is 12.3 Å². The monoisotopic (exact) mass is 406 g/mol. The highest BCUT2D eigenvalue weighted by molar-refractivity contribution is 7.80. The summed E-state index contributed by atoms with van der Waals surface area (Å²) in [7, 11) is -4.68. The van der Waals surface area contributed by atoms with Gasteiger partial charge in [0.05, 0.1) is 6.26 Å². The minimum Gasteiger partial charge on any atom is -0.433 e. The summed E-state index contributed by atoms with van der Waals surface area (Å²) in [5, 5.41) is 0. The highest BCUT2D eigenvalue weighted by Crippen LogP contribution is 2.12. The fourth-order valence-corrected chi connectivity index (χ4v) is 3.22. The van der Waals surface area contributed by atoms with E-state index in [1.165, 1.54) is 57.6 Å². The van der Waals surface area contributed by atoms with E-state index in [0.29, 0.717) is 6.42 Å². The molecule has 0 amide bonds. The van der Waals surface area contributed by atoms with E-state index in [-0.39, 0.29) is 6.42 Å². The molecule has 160 valence electrons. The first-order chi connectivity index (χ1) is 12.9. The van der Waals surface area contributed by atoms with Crippen molar-refractivity contribution in [2.24, 2.45) is 0 Å². The molecule has 27 heavy (non-hydrogen) atoms. The number of unbranched alkanes of at least 4 members (excludes halogenated alkanes) is 11. The number of esters is 1. The number of hydrogen-bond donors (Lipinski definition) is 1. The Morgan fingerprint density at radius 1 is 0.889 bits per heavy atom. The molecule has 0 aromatic rings. The van der Waals surface area contributed by atoms with Gasteiger partial charge in [0.15, 0.2) is 6.10 Å². The molecule has 0 saturated heterocycles. The number of rotatable bonds is 18. The molecule has 0 aliphatic rings. The molecule has 0 aromatic heterocycles. The van der Waals surface area contributed by atoms with Gasteiger partial charge in [0, 0.05) is 0 Å². The molecule has 1 unspecified atom stereocenters. The molecule has 0 rings (SSSR count). The van der Waals surface area contributed by atoms with Crippen molar-refractivity contribution in [3.63, 3.8) is 0 Å². The van der Waals surface area contributed by atoms with Crippen molar-refractivity contribution >= 4 is 16.4 Å². The molecule has 0 aliphatic heterocycles. The molecular weight excluding hydrogens is 368 g/mol. The molecule has 0 fully saturated rings. The third kappa shape index (κ3) is 18.2. The Hall–Kier alpha value is -0.920. The van der Waals surface area contributed by atoms with E-state index in [9.17, 15) is 13.2 Å². The minimum absolute atomic E-state index is 0.182. The summed E-state index contributed by atoms with van der Waals surface area (Å²) in [5.41, 5.74) is 0. The number of hydrogen-bond acceptors (Lipinski definition) is 5. The Bertz CT molecular complexity index is 487. The van der Waals surface area contributed by atoms with Crippen LogP contribution in [0.4, 0.5) is 0 Å². The average molecular weight is 407 g/mol. The third-order valence-electron chi connectivity index (χ3n) is 4.33. The van der Waals surface area contributed by atoms with E-state index in [0.717, 1.165) is 25.7 Å². The summed E-state index contributed by atoms with van der Waals surface area (Å²) in [6.07, 6.45) is 16.8. The Labute approximate surface area is 165 Å². The lowest BCUT2D eigenvalue weighted by Gasteiger charge is -2.12.